The Hall–Kier alpha value is -3.14. The average Bonchev–Trinajstić information content (AvgIpc) is 3.59. The van der Waals surface area contributed by atoms with Gasteiger partial charge in [0, 0.05) is 21.7 Å². The Balaban J connectivity index is 1.49. The van der Waals surface area contributed by atoms with E-state index in [0.29, 0.717) is 39.2 Å². The lowest BCUT2D eigenvalue weighted by Crippen LogP contribution is -2.01. The van der Waals surface area contributed by atoms with Gasteiger partial charge >= 0.3 is 0 Å². The Kier molecular flexibility index (Phi) is 5.93. The maximum Gasteiger partial charge on any atom is 0.237 e. The summed E-state index contributed by atoms with van der Waals surface area (Å²) in [5.41, 5.74) is 2.66. The highest BCUT2D eigenvalue weighted by Crippen LogP contribution is 2.34. The lowest BCUT2D eigenvalue weighted by Gasteiger charge is -2.12. The van der Waals surface area contributed by atoms with Gasteiger partial charge < -0.3 is 9.26 Å². The zero-order valence-electron chi connectivity index (χ0n) is 16.8. The normalized spacial score (nSPS) is 11.1. The van der Waals surface area contributed by atoms with Crippen LogP contribution in [-0.4, -0.2) is 32.0 Å². The maximum atomic E-state index is 6.11. The van der Waals surface area contributed by atoms with Gasteiger partial charge in [0.15, 0.2) is 11.0 Å². The van der Waals surface area contributed by atoms with Crippen LogP contribution in [0.2, 0.25) is 5.02 Å². The molecule has 3 heterocycles. The third kappa shape index (κ3) is 4.14. The van der Waals surface area contributed by atoms with Crippen molar-refractivity contribution in [1.29, 1.82) is 0 Å². The minimum absolute atomic E-state index is 0.453. The van der Waals surface area contributed by atoms with Crippen molar-refractivity contribution in [2.75, 3.05) is 7.11 Å². The molecule has 0 saturated heterocycles. The van der Waals surface area contributed by atoms with E-state index in [0.717, 1.165) is 16.8 Å². The van der Waals surface area contributed by atoms with Crippen LogP contribution >= 0.6 is 34.7 Å². The molecule has 5 aromatic rings. The Bertz CT molecular complexity index is 1330. The number of nitrogens with zero attached hydrogens (tertiary/aromatic N) is 5. The minimum Gasteiger partial charge on any atom is -0.496 e. The lowest BCUT2D eigenvalue weighted by molar-refractivity contribution is 0.391. The van der Waals surface area contributed by atoms with E-state index in [1.807, 2.05) is 69.9 Å². The molecule has 0 unspecified atom stereocenters. The molecular formula is C22H16ClN5O2S2. The van der Waals surface area contributed by atoms with Crippen molar-refractivity contribution >= 4 is 34.7 Å². The monoisotopic (exact) mass is 481 g/mol. The molecule has 32 heavy (non-hydrogen) atoms. The SMILES string of the molecule is COc1ccccc1-c1nnc(SCc2nc(-c3ccsc3)no2)n1-c1ccc(Cl)cc1. The molecule has 0 saturated carbocycles. The van der Waals surface area contributed by atoms with Gasteiger partial charge in [-0.3, -0.25) is 4.57 Å². The van der Waals surface area contributed by atoms with Crippen molar-refractivity contribution in [2.24, 2.45) is 0 Å². The van der Waals surface area contributed by atoms with Gasteiger partial charge in [-0.25, -0.2) is 0 Å². The van der Waals surface area contributed by atoms with Crippen LogP contribution in [0.15, 0.2) is 75.0 Å². The number of thioether (sulfide) groups is 1. The van der Waals surface area contributed by atoms with Crippen LogP contribution in [0.4, 0.5) is 0 Å². The first kappa shape index (κ1) is 20.7. The fraction of sp³-hybridized carbons (Fsp3) is 0.0909. The largest absolute Gasteiger partial charge is 0.496 e. The molecule has 0 bridgehead atoms. The van der Waals surface area contributed by atoms with Crippen molar-refractivity contribution in [3.05, 3.63) is 76.3 Å². The molecule has 10 heteroatoms. The van der Waals surface area contributed by atoms with Crippen molar-refractivity contribution in [3.8, 4) is 34.2 Å². The number of benzene rings is 2. The van der Waals surface area contributed by atoms with Gasteiger partial charge in [0.2, 0.25) is 11.7 Å². The van der Waals surface area contributed by atoms with Crippen molar-refractivity contribution < 1.29 is 9.26 Å². The van der Waals surface area contributed by atoms with E-state index in [4.69, 9.17) is 20.9 Å². The van der Waals surface area contributed by atoms with E-state index >= 15 is 0 Å². The summed E-state index contributed by atoms with van der Waals surface area (Å²) in [5.74, 6) is 2.92. The Morgan fingerprint density at radius 3 is 2.72 bits per heavy atom. The number of halogens is 1. The highest BCUT2D eigenvalue weighted by atomic mass is 35.5. The number of aromatic nitrogens is 5. The lowest BCUT2D eigenvalue weighted by atomic mass is 10.2. The Morgan fingerprint density at radius 1 is 1.09 bits per heavy atom. The second-order valence-electron chi connectivity index (χ2n) is 6.63. The molecule has 7 nitrogen and oxygen atoms in total. The first-order valence-corrected chi connectivity index (χ1v) is 11.9. The molecular weight excluding hydrogens is 466 g/mol. The molecule has 2 aromatic carbocycles. The fourth-order valence-electron chi connectivity index (χ4n) is 3.14. The topological polar surface area (TPSA) is 78.9 Å². The van der Waals surface area contributed by atoms with Crippen molar-refractivity contribution in [3.63, 3.8) is 0 Å². The predicted octanol–water partition coefficient (Wildman–Crippen LogP) is 6.00. The molecule has 3 aromatic heterocycles. The molecule has 0 spiro atoms. The second-order valence-corrected chi connectivity index (χ2v) is 8.79. The van der Waals surface area contributed by atoms with Crippen molar-refractivity contribution in [1.82, 2.24) is 24.9 Å². The Labute approximate surface area is 197 Å². The standard InChI is InChI=1S/C22H16ClN5O2S2/c1-29-18-5-3-2-4-17(18)21-25-26-22(28(21)16-8-6-15(23)7-9-16)32-13-19-24-20(27-30-19)14-10-11-31-12-14/h2-12H,13H2,1H3. The first-order valence-electron chi connectivity index (χ1n) is 9.55. The summed E-state index contributed by atoms with van der Waals surface area (Å²) >= 11 is 9.16. The van der Waals surface area contributed by atoms with Gasteiger partial charge in [-0.15, -0.1) is 10.2 Å². The number of para-hydroxylation sites is 1. The van der Waals surface area contributed by atoms with Crippen LogP contribution in [0.1, 0.15) is 5.89 Å². The maximum absolute atomic E-state index is 6.11. The summed E-state index contributed by atoms with van der Waals surface area (Å²) in [6, 6.07) is 17.2. The van der Waals surface area contributed by atoms with E-state index < -0.39 is 0 Å². The van der Waals surface area contributed by atoms with Gasteiger partial charge in [0.05, 0.1) is 18.4 Å². The highest BCUT2D eigenvalue weighted by molar-refractivity contribution is 7.98. The van der Waals surface area contributed by atoms with Crippen LogP contribution in [0.5, 0.6) is 5.75 Å². The van der Waals surface area contributed by atoms with Crippen LogP contribution in [0, 0.1) is 0 Å². The van der Waals surface area contributed by atoms with Crippen LogP contribution < -0.4 is 4.74 Å². The fourth-order valence-corrected chi connectivity index (χ4v) is 4.69. The first-order chi connectivity index (χ1) is 15.7. The van der Waals surface area contributed by atoms with Gasteiger partial charge in [-0.1, -0.05) is 40.7 Å². The minimum atomic E-state index is 0.453. The van der Waals surface area contributed by atoms with Gasteiger partial charge in [-0.05, 0) is 47.8 Å². The Morgan fingerprint density at radius 2 is 1.94 bits per heavy atom. The molecule has 0 N–H and O–H groups in total. The number of rotatable bonds is 7. The molecule has 5 rings (SSSR count). The quantitative estimate of drug-likeness (QED) is 0.264. The van der Waals surface area contributed by atoms with Crippen LogP contribution in [0.3, 0.4) is 0 Å². The molecule has 0 amide bonds. The number of methoxy groups -OCH3 is 1. The van der Waals surface area contributed by atoms with E-state index in [-0.39, 0.29) is 0 Å². The van der Waals surface area contributed by atoms with Gasteiger partial charge in [-0.2, -0.15) is 16.3 Å². The van der Waals surface area contributed by atoms with Crippen molar-refractivity contribution in [2.45, 2.75) is 10.9 Å². The molecule has 0 atom stereocenters. The number of thiophene rings is 1. The summed E-state index contributed by atoms with van der Waals surface area (Å²) in [5, 5.41) is 18.3. The molecule has 0 fully saturated rings. The average molecular weight is 482 g/mol. The summed E-state index contributed by atoms with van der Waals surface area (Å²) < 4.78 is 12.9. The molecule has 160 valence electrons. The zero-order valence-corrected chi connectivity index (χ0v) is 19.2. The predicted molar refractivity (Wildman–Crippen MR) is 126 cm³/mol. The molecule has 0 aliphatic rings. The summed E-state index contributed by atoms with van der Waals surface area (Å²) in [7, 11) is 1.64. The van der Waals surface area contributed by atoms with Crippen LogP contribution in [0.25, 0.3) is 28.5 Å². The van der Waals surface area contributed by atoms with E-state index in [1.165, 1.54) is 11.8 Å². The van der Waals surface area contributed by atoms with Crippen LogP contribution in [-0.2, 0) is 5.75 Å². The molecule has 0 aliphatic heterocycles. The van der Waals surface area contributed by atoms with E-state index in [1.54, 1.807) is 18.4 Å². The highest BCUT2D eigenvalue weighted by Gasteiger charge is 2.20. The third-order valence-electron chi connectivity index (χ3n) is 4.64. The van der Waals surface area contributed by atoms with E-state index in [2.05, 4.69) is 20.3 Å². The summed E-state index contributed by atoms with van der Waals surface area (Å²) in [6.45, 7) is 0. The van der Waals surface area contributed by atoms with Gasteiger partial charge in [0.25, 0.3) is 0 Å². The number of ether oxygens (including phenoxy) is 1. The number of hydrogen-bond donors (Lipinski definition) is 0. The summed E-state index contributed by atoms with van der Waals surface area (Å²) in [6.07, 6.45) is 0. The molecule has 0 radical (unpaired) electrons. The second kappa shape index (κ2) is 9.15. The third-order valence-corrected chi connectivity index (χ3v) is 6.49. The number of hydrogen-bond acceptors (Lipinski definition) is 8. The molecule has 0 aliphatic carbocycles. The summed E-state index contributed by atoms with van der Waals surface area (Å²) in [4.78, 5) is 4.49. The zero-order chi connectivity index (χ0) is 21.9. The van der Waals surface area contributed by atoms with Gasteiger partial charge in [0.1, 0.15) is 5.75 Å². The smallest absolute Gasteiger partial charge is 0.237 e. The van der Waals surface area contributed by atoms with E-state index in [9.17, 15) is 0 Å².